The molecule has 0 bridgehead atoms. The lowest BCUT2D eigenvalue weighted by atomic mass is 10.2. The number of imide groups is 1. The van der Waals surface area contributed by atoms with Crippen molar-refractivity contribution in [2.24, 2.45) is 0 Å². The molecule has 2 fully saturated rings. The number of rotatable bonds is 1. The van der Waals surface area contributed by atoms with E-state index in [2.05, 4.69) is 15.9 Å². The average Bonchev–Trinajstić information content (AvgIpc) is 2.87. The van der Waals surface area contributed by atoms with Crippen molar-refractivity contribution in [3.63, 3.8) is 0 Å². The fourth-order valence-electron chi connectivity index (χ4n) is 2.45. The molecule has 1 aromatic rings. The molecular formula is C12H11BrN2O2. The highest BCUT2D eigenvalue weighted by Crippen LogP contribution is 2.31. The highest BCUT2D eigenvalue weighted by molar-refractivity contribution is 9.10. The Morgan fingerprint density at radius 3 is 2.53 bits per heavy atom. The molecule has 0 aliphatic carbocycles. The van der Waals surface area contributed by atoms with Gasteiger partial charge < -0.3 is 4.90 Å². The van der Waals surface area contributed by atoms with E-state index in [0.717, 1.165) is 17.3 Å². The summed E-state index contributed by atoms with van der Waals surface area (Å²) in [6.07, 6.45) is 1.72. The maximum absolute atomic E-state index is 12.1. The Labute approximate surface area is 107 Å². The van der Waals surface area contributed by atoms with E-state index < -0.39 is 0 Å². The summed E-state index contributed by atoms with van der Waals surface area (Å²) in [6.45, 7) is 0.697. The molecular weight excluding hydrogens is 284 g/mol. The number of hydrogen-bond donors (Lipinski definition) is 0. The zero-order valence-corrected chi connectivity index (χ0v) is 10.7. The number of halogens is 1. The van der Waals surface area contributed by atoms with E-state index in [-0.39, 0.29) is 18.0 Å². The Balaban J connectivity index is 1.96. The normalized spacial score (nSPS) is 23.5. The fraction of sp³-hybridized carbons (Fsp3) is 0.333. The van der Waals surface area contributed by atoms with Gasteiger partial charge in [-0.05, 0) is 37.1 Å². The Morgan fingerprint density at radius 2 is 1.88 bits per heavy atom. The van der Waals surface area contributed by atoms with Crippen LogP contribution in [0.4, 0.5) is 10.5 Å². The van der Waals surface area contributed by atoms with Crippen molar-refractivity contribution in [2.75, 3.05) is 11.4 Å². The fourth-order valence-corrected chi connectivity index (χ4v) is 2.72. The number of hydrogen-bond acceptors (Lipinski definition) is 2. The third-order valence-corrected chi connectivity index (χ3v) is 3.81. The van der Waals surface area contributed by atoms with Gasteiger partial charge in [0.05, 0.1) is 5.69 Å². The van der Waals surface area contributed by atoms with Gasteiger partial charge in [0.25, 0.3) is 5.91 Å². The molecule has 0 saturated carbocycles. The van der Waals surface area contributed by atoms with Crippen molar-refractivity contribution >= 4 is 33.6 Å². The SMILES string of the molecule is O=C1[C@@H]2CCCN2C(=O)N1c1ccc(Br)cc1. The second-order valence-electron chi connectivity index (χ2n) is 4.28. The summed E-state index contributed by atoms with van der Waals surface area (Å²) in [5.41, 5.74) is 0.651. The van der Waals surface area contributed by atoms with Gasteiger partial charge >= 0.3 is 6.03 Å². The largest absolute Gasteiger partial charge is 0.332 e. The summed E-state index contributed by atoms with van der Waals surface area (Å²) >= 11 is 3.33. The van der Waals surface area contributed by atoms with E-state index >= 15 is 0 Å². The zero-order chi connectivity index (χ0) is 12.0. The van der Waals surface area contributed by atoms with Gasteiger partial charge in [0.2, 0.25) is 0 Å². The number of carbonyl (C=O) groups is 2. The molecule has 0 aromatic heterocycles. The topological polar surface area (TPSA) is 40.6 Å². The lowest BCUT2D eigenvalue weighted by Gasteiger charge is -2.15. The summed E-state index contributed by atoms with van der Waals surface area (Å²) in [5, 5.41) is 0. The van der Waals surface area contributed by atoms with E-state index in [4.69, 9.17) is 0 Å². The average molecular weight is 295 g/mol. The van der Waals surface area contributed by atoms with E-state index in [9.17, 15) is 9.59 Å². The molecule has 2 aliphatic rings. The van der Waals surface area contributed by atoms with Crippen molar-refractivity contribution in [3.8, 4) is 0 Å². The maximum Gasteiger partial charge on any atom is 0.332 e. The molecule has 88 valence electrons. The van der Waals surface area contributed by atoms with Gasteiger partial charge in [-0.1, -0.05) is 15.9 Å². The van der Waals surface area contributed by atoms with Crippen LogP contribution in [-0.4, -0.2) is 29.4 Å². The first-order chi connectivity index (χ1) is 8.18. The predicted molar refractivity (Wildman–Crippen MR) is 66.8 cm³/mol. The van der Waals surface area contributed by atoms with Crippen LogP contribution in [0.15, 0.2) is 28.7 Å². The summed E-state index contributed by atoms with van der Waals surface area (Å²) in [7, 11) is 0. The molecule has 0 spiro atoms. The van der Waals surface area contributed by atoms with Gasteiger partial charge in [0.1, 0.15) is 6.04 Å². The lowest BCUT2D eigenvalue weighted by molar-refractivity contribution is -0.119. The molecule has 1 atom stereocenters. The first kappa shape index (κ1) is 10.8. The summed E-state index contributed by atoms with van der Waals surface area (Å²) in [4.78, 5) is 27.2. The number of benzene rings is 1. The Bertz CT molecular complexity index is 464. The van der Waals surface area contributed by atoms with E-state index in [1.165, 1.54) is 4.90 Å². The van der Waals surface area contributed by atoms with Crippen molar-refractivity contribution in [2.45, 2.75) is 18.9 Å². The third-order valence-electron chi connectivity index (χ3n) is 3.28. The van der Waals surface area contributed by atoms with Gasteiger partial charge in [0.15, 0.2) is 0 Å². The number of nitrogens with zero attached hydrogens (tertiary/aromatic N) is 2. The van der Waals surface area contributed by atoms with E-state index in [0.29, 0.717) is 12.2 Å². The van der Waals surface area contributed by atoms with Crippen LogP contribution in [0.3, 0.4) is 0 Å². The smallest absolute Gasteiger partial charge is 0.312 e. The van der Waals surface area contributed by atoms with Crippen molar-refractivity contribution in [3.05, 3.63) is 28.7 Å². The minimum Gasteiger partial charge on any atom is -0.312 e. The molecule has 3 rings (SSSR count). The monoisotopic (exact) mass is 294 g/mol. The Morgan fingerprint density at radius 1 is 1.18 bits per heavy atom. The molecule has 3 amide bonds. The maximum atomic E-state index is 12.1. The van der Waals surface area contributed by atoms with Crippen molar-refractivity contribution in [1.29, 1.82) is 0 Å². The number of anilines is 1. The Hall–Kier alpha value is -1.36. The summed E-state index contributed by atoms with van der Waals surface area (Å²) < 4.78 is 0.931. The number of fused-ring (bicyclic) bond motifs is 1. The zero-order valence-electron chi connectivity index (χ0n) is 9.10. The van der Waals surface area contributed by atoms with Gasteiger partial charge in [-0.3, -0.25) is 4.79 Å². The molecule has 17 heavy (non-hydrogen) atoms. The van der Waals surface area contributed by atoms with Crippen LogP contribution in [0.2, 0.25) is 0 Å². The molecule has 2 aliphatic heterocycles. The first-order valence-corrected chi connectivity index (χ1v) is 6.38. The molecule has 0 unspecified atom stereocenters. The molecule has 2 heterocycles. The van der Waals surface area contributed by atoms with Gasteiger partial charge in [0, 0.05) is 11.0 Å². The predicted octanol–water partition coefficient (Wildman–Crippen LogP) is 2.38. The number of carbonyl (C=O) groups excluding carboxylic acids is 2. The molecule has 1 aromatic carbocycles. The third kappa shape index (κ3) is 1.57. The van der Waals surface area contributed by atoms with Gasteiger partial charge in [-0.2, -0.15) is 0 Å². The van der Waals surface area contributed by atoms with Crippen LogP contribution in [0.5, 0.6) is 0 Å². The van der Waals surface area contributed by atoms with Crippen molar-refractivity contribution < 1.29 is 9.59 Å². The van der Waals surface area contributed by atoms with Crippen LogP contribution in [-0.2, 0) is 4.79 Å². The minimum absolute atomic E-state index is 0.0881. The molecule has 0 radical (unpaired) electrons. The first-order valence-electron chi connectivity index (χ1n) is 5.58. The second kappa shape index (κ2) is 3.84. The highest BCUT2D eigenvalue weighted by Gasteiger charge is 2.47. The Kier molecular flexibility index (Phi) is 2.43. The molecule has 2 saturated heterocycles. The van der Waals surface area contributed by atoms with Crippen LogP contribution in [0.1, 0.15) is 12.8 Å². The van der Waals surface area contributed by atoms with Crippen molar-refractivity contribution in [1.82, 2.24) is 4.90 Å². The molecule has 0 N–H and O–H groups in total. The number of amides is 3. The highest BCUT2D eigenvalue weighted by atomic mass is 79.9. The molecule has 4 nitrogen and oxygen atoms in total. The standard InChI is InChI=1S/C12H11BrN2O2/c13-8-3-5-9(6-4-8)15-11(16)10-2-1-7-14(10)12(15)17/h3-6,10H,1-2,7H2/t10-/m0/s1. The quantitative estimate of drug-likeness (QED) is 0.746. The minimum atomic E-state index is -0.230. The number of urea groups is 1. The van der Waals surface area contributed by atoms with E-state index in [1.807, 2.05) is 12.1 Å². The summed E-state index contributed by atoms with van der Waals surface area (Å²) in [5.74, 6) is -0.0881. The van der Waals surface area contributed by atoms with E-state index in [1.54, 1.807) is 17.0 Å². The van der Waals surface area contributed by atoms with Gasteiger partial charge in [-0.15, -0.1) is 0 Å². The summed E-state index contributed by atoms with van der Waals surface area (Å²) in [6, 6.07) is 6.81. The lowest BCUT2D eigenvalue weighted by Crippen LogP contribution is -2.32. The van der Waals surface area contributed by atoms with Crippen LogP contribution in [0, 0.1) is 0 Å². The van der Waals surface area contributed by atoms with Gasteiger partial charge in [-0.25, -0.2) is 9.69 Å². The van der Waals surface area contributed by atoms with Crippen LogP contribution < -0.4 is 4.90 Å². The second-order valence-corrected chi connectivity index (χ2v) is 5.20. The van der Waals surface area contributed by atoms with Crippen LogP contribution >= 0.6 is 15.9 Å². The van der Waals surface area contributed by atoms with Crippen LogP contribution in [0.25, 0.3) is 0 Å². The molecule has 5 heteroatoms.